The molecule has 3 heteroatoms. The molecular weight excluding hydrogens is 142 g/mol. The molecule has 0 aromatic rings. The Bertz CT molecular complexity index is 161. The summed E-state index contributed by atoms with van der Waals surface area (Å²) in [4.78, 5) is 11.2. The van der Waals surface area contributed by atoms with Crippen LogP contribution in [-0.2, 0) is 9.53 Å². The summed E-state index contributed by atoms with van der Waals surface area (Å²) >= 11 is 0. The van der Waals surface area contributed by atoms with E-state index in [0.29, 0.717) is 12.0 Å². The summed E-state index contributed by atoms with van der Waals surface area (Å²) in [5, 5.41) is 3.32. The molecule has 1 N–H and O–H groups in total. The minimum Gasteiger partial charge on any atom is -0.469 e. The fourth-order valence-electron chi connectivity index (χ4n) is 2.33. The zero-order valence-electron chi connectivity index (χ0n) is 6.67. The Balaban J connectivity index is 2.09. The second-order valence-corrected chi connectivity index (χ2v) is 3.40. The van der Waals surface area contributed by atoms with Crippen LogP contribution in [0.4, 0.5) is 0 Å². The van der Waals surface area contributed by atoms with E-state index in [1.54, 1.807) is 0 Å². The molecule has 2 aliphatic rings. The van der Waals surface area contributed by atoms with Crippen molar-refractivity contribution in [3.8, 4) is 0 Å². The van der Waals surface area contributed by atoms with Crippen LogP contribution in [-0.4, -0.2) is 25.7 Å². The predicted molar refractivity (Wildman–Crippen MR) is 40.0 cm³/mol. The Hall–Kier alpha value is -0.570. The Morgan fingerprint density at radius 1 is 1.55 bits per heavy atom. The maximum atomic E-state index is 11.2. The first-order chi connectivity index (χ1) is 5.33. The standard InChI is InChI=1S/C8H13NO2/c1-11-8(10)7-5-2-3-6(7)9-4-5/h5-7,9H,2-4H2,1H3. The van der Waals surface area contributed by atoms with E-state index >= 15 is 0 Å². The molecule has 0 spiro atoms. The van der Waals surface area contributed by atoms with Crippen molar-refractivity contribution in [2.24, 2.45) is 11.8 Å². The third-order valence-electron chi connectivity index (χ3n) is 2.91. The minimum atomic E-state index is -0.0255. The van der Waals surface area contributed by atoms with Gasteiger partial charge >= 0.3 is 5.97 Å². The van der Waals surface area contributed by atoms with Crippen LogP contribution in [0.15, 0.2) is 0 Å². The lowest BCUT2D eigenvalue weighted by molar-refractivity contribution is -0.146. The molecule has 2 fully saturated rings. The smallest absolute Gasteiger partial charge is 0.310 e. The van der Waals surface area contributed by atoms with E-state index in [1.807, 2.05) is 0 Å². The molecular formula is C8H13NO2. The molecule has 0 radical (unpaired) electrons. The minimum absolute atomic E-state index is 0.0255. The van der Waals surface area contributed by atoms with Crippen LogP contribution in [0.1, 0.15) is 12.8 Å². The van der Waals surface area contributed by atoms with Gasteiger partial charge in [0, 0.05) is 6.04 Å². The molecule has 2 rings (SSSR count). The van der Waals surface area contributed by atoms with E-state index in [-0.39, 0.29) is 11.9 Å². The number of rotatable bonds is 1. The number of ether oxygens (including phenoxy) is 1. The number of hydrogen-bond donors (Lipinski definition) is 1. The normalized spacial score (nSPS) is 41.0. The van der Waals surface area contributed by atoms with Crippen molar-refractivity contribution in [1.29, 1.82) is 0 Å². The van der Waals surface area contributed by atoms with Gasteiger partial charge in [-0.15, -0.1) is 0 Å². The summed E-state index contributed by atoms with van der Waals surface area (Å²) in [6.45, 7) is 1.00. The predicted octanol–water partition coefficient (Wildman–Crippen LogP) is 0.157. The maximum Gasteiger partial charge on any atom is 0.310 e. The lowest BCUT2D eigenvalue weighted by Crippen LogP contribution is -2.29. The van der Waals surface area contributed by atoms with Gasteiger partial charge < -0.3 is 10.1 Å². The number of methoxy groups -OCH3 is 1. The summed E-state index contributed by atoms with van der Waals surface area (Å²) in [5.74, 6) is 0.676. The monoisotopic (exact) mass is 155 g/mol. The number of piperidine rings is 1. The zero-order chi connectivity index (χ0) is 7.84. The number of esters is 1. The third kappa shape index (κ3) is 0.948. The van der Waals surface area contributed by atoms with E-state index < -0.39 is 0 Å². The summed E-state index contributed by atoms with van der Waals surface area (Å²) in [6, 6.07) is 0.410. The van der Waals surface area contributed by atoms with Crippen molar-refractivity contribution in [3.05, 3.63) is 0 Å². The first kappa shape index (κ1) is 7.10. The molecule has 11 heavy (non-hydrogen) atoms. The topological polar surface area (TPSA) is 38.3 Å². The molecule has 1 saturated heterocycles. The Morgan fingerprint density at radius 2 is 2.36 bits per heavy atom. The van der Waals surface area contributed by atoms with E-state index in [0.717, 1.165) is 13.0 Å². The van der Waals surface area contributed by atoms with Crippen LogP contribution in [0.5, 0.6) is 0 Å². The summed E-state index contributed by atoms with van der Waals surface area (Å²) < 4.78 is 4.74. The van der Waals surface area contributed by atoms with Crippen LogP contribution in [0.3, 0.4) is 0 Å². The average molecular weight is 155 g/mol. The largest absolute Gasteiger partial charge is 0.469 e. The van der Waals surface area contributed by atoms with Crippen molar-refractivity contribution < 1.29 is 9.53 Å². The van der Waals surface area contributed by atoms with E-state index in [2.05, 4.69) is 5.32 Å². The first-order valence-corrected chi connectivity index (χ1v) is 4.14. The lowest BCUT2D eigenvalue weighted by Gasteiger charge is -2.10. The van der Waals surface area contributed by atoms with Crippen LogP contribution in [0, 0.1) is 11.8 Å². The summed E-state index contributed by atoms with van der Waals surface area (Å²) in [7, 11) is 1.47. The highest BCUT2D eigenvalue weighted by Crippen LogP contribution is 2.37. The van der Waals surface area contributed by atoms with Gasteiger partial charge in [0.1, 0.15) is 0 Å². The highest BCUT2D eigenvalue weighted by Gasteiger charge is 2.46. The molecule has 0 aromatic carbocycles. The van der Waals surface area contributed by atoms with Gasteiger partial charge in [0.2, 0.25) is 0 Å². The number of hydrogen-bond acceptors (Lipinski definition) is 3. The molecule has 3 nitrogen and oxygen atoms in total. The van der Waals surface area contributed by atoms with E-state index in [4.69, 9.17) is 4.74 Å². The fourth-order valence-corrected chi connectivity index (χ4v) is 2.33. The van der Waals surface area contributed by atoms with Crippen LogP contribution < -0.4 is 5.32 Å². The molecule has 62 valence electrons. The van der Waals surface area contributed by atoms with Crippen molar-refractivity contribution in [1.82, 2.24) is 5.32 Å². The van der Waals surface area contributed by atoms with E-state index in [9.17, 15) is 4.79 Å². The van der Waals surface area contributed by atoms with Gasteiger partial charge in [-0.2, -0.15) is 0 Å². The average Bonchev–Trinajstić information content (AvgIpc) is 2.61. The van der Waals surface area contributed by atoms with Gasteiger partial charge in [-0.25, -0.2) is 0 Å². The van der Waals surface area contributed by atoms with Gasteiger partial charge in [0.15, 0.2) is 0 Å². The molecule has 3 atom stereocenters. The Morgan fingerprint density at radius 3 is 2.73 bits per heavy atom. The first-order valence-electron chi connectivity index (χ1n) is 4.14. The number of nitrogens with one attached hydrogen (secondary N) is 1. The lowest BCUT2D eigenvalue weighted by atomic mass is 9.99. The van der Waals surface area contributed by atoms with E-state index in [1.165, 1.54) is 13.5 Å². The SMILES string of the molecule is COC(=O)C1C2CCC1NC2. The maximum absolute atomic E-state index is 11.2. The van der Waals surface area contributed by atoms with Crippen molar-refractivity contribution in [2.45, 2.75) is 18.9 Å². The number of carbonyl (C=O) groups excluding carboxylic acids is 1. The van der Waals surface area contributed by atoms with Gasteiger partial charge in [-0.1, -0.05) is 0 Å². The summed E-state index contributed by atoms with van der Waals surface area (Å²) in [5.41, 5.74) is 0. The molecule has 1 aliphatic heterocycles. The second-order valence-electron chi connectivity index (χ2n) is 3.40. The van der Waals surface area contributed by atoms with Crippen molar-refractivity contribution >= 4 is 5.97 Å². The number of carbonyl (C=O) groups is 1. The highest BCUT2D eigenvalue weighted by molar-refractivity contribution is 5.74. The molecule has 2 bridgehead atoms. The molecule has 1 heterocycles. The molecule has 1 aliphatic carbocycles. The van der Waals surface area contributed by atoms with Gasteiger partial charge in [0.05, 0.1) is 13.0 Å². The van der Waals surface area contributed by atoms with Gasteiger partial charge in [-0.05, 0) is 25.3 Å². The quantitative estimate of drug-likeness (QED) is 0.548. The molecule has 0 amide bonds. The van der Waals surface area contributed by atoms with Crippen molar-refractivity contribution in [3.63, 3.8) is 0 Å². The Labute approximate surface area is 66.1 Å². The van der Waals surface area contributed by atoms with Gasteiger partial charge in [0.25, 0.3) is 0 Å². The van der Waals surface area contributed by atoms with Crippen LogP contribution in [0.2, 0.25) is 0 Å². The summed E-state index contributed by atoms with van der Waals surface area (Å²) in [6.07, 6.45) is 2.34. The molecule has 1 saturated carbocycles. The van der Waals surface area contributed by atoms with Gasteiger partial charge in [-0.3, -0.25) is 4.79 Å². The zero-order valence-corrected chi connectivity index (χ0v) is 6.67. The molecule has 0 aromatic heterocycles. The third-order valence-corrected chi connectivity index (χ3v) is 2.91. The highest BCUT2D eigenvalue weighted by atomic mass is 16.5. The second kappa shape index (κ2) is 2.48. The molecule has 3 unspecified atom stereocenters. The van der Waals surface area contributed by atoms with Crippen LogP contribution >= 0.6 is 0 Å². The van der Waals surface area contributed by atoms with Crippen molar-refractivity contribution in [2.75, 3.05) is 13.7 Å². The fraction of sp³-hybridized carbons (Fsp3) is 0.875. The number of fused-ring (bicyclic) bond motifs is 2. The Kier molecular flexibility index (Phi) is 1.60. The van der Waals surface area contributed by atoms with Crippen LogP contribution in [0.25, 0.3) is 0 Å².